The number of Topliss-reactive ketones (excluding diaryl/α,β-unsaturated/α-hetero) is 1. The van der Waals surface area contributed by atoms with Gasteiger partial charge in [-0.25, -0.2) is 4.79 Å². The second-order valence-corrected chi connectivity index (χ2v) is 4.59. The molecule has 0 atom stereocenters. The average molecular weight is 265 g/mol. The normalized spacial score (nSPS) is 10.2. The molecule has 0 spiro atoms. The first-order valence-electron chi connectivity index (χ1n) is 6.06. The van der Waals surface area contributed by atoms with Crippen LogP contribution in [0.5, 0.6) is 5.75 Å². The zero-order valence-electron chi connectivity index (χ0n) is 11.6. The van der Waals surface area contributed by atoms with Gasteiger partial charge in [-0.3, -0.25) is 10.1 Å². The number of ether oxygens (including phenoxy) is 2. The van der Waals surface area contributed by atoms with Crippen molar-refractivity contribution in [2.24, 2.45) is 5.92 Å². The van der Waals surface area contributed by atoms with Crippen LogP contribution in [0.4, 0.5) is 10.5 Å². The van der Waals surface area contributed by atoms with Gasteiger partial charge in [0.2, 0.25) is 0 Å². The zero-order chi connectivity index (χ0) is 14.4. The lowest BCUT2D eigenvalue weighted by Gasteiger charge is -2.12. The van der Waals surface area contributed by atoms with Crippen molar-refractivity contribution in [1.82, 2.24) is 0 Å². The van der Waals surface area contributed by atoms with Gasteiger partial charge in [-0.05, 0) is 31.0 Å². The summed E-state index contributed by atoms with van der Waals surface area (Å²) in [5.41, 5.74) is 0.999. The molecule has 0 heterocycles. The maximum Gasteiger partial charge on any atom is 0.411 e. The molecule has 1 aromatic carbocycles. The minimum atomic E-state index is -0.539. The van der Waals surface area contributed by atoms with E-state index in [9.17, 15) is 9.59 Å². The van der Waals surface area contributed by atoms with Crippen LogP contribution in [0.3, 0.4) is 0 Å². The lowest BCUT2D eigenvalue weighted by molar-refractivity contribution is 0.101. The molecule has 0 fully saturated rings. The molecule has 0 bridgehead atoms. The summed E-state index contributed by atoms with van der Waals surface area (Å²) in [6.07, 6.45) is -0.539. The fourth-order valence-corrected chi connectivity index (χ4v) is 1.40. The van der Waals surface area contributed by atoms with Crippen LogP contribution in [0.2, 0.25) is 0 Å². The summed E-state index contributed by atoms with van der Waals surface area (Å²) < 4.78 is 10.2. The molecule has 1 aromatic rings. The van der Waals surface area contributed by atoms with Crippen molar-refractivity contribution in [1.29, 1.82) is 0 Å². The van der Waals surface area contributed by atoms with Crippen molar-refractivity contribution in [2.45, 2.75) is 20.8 Å². The third-order valence-corrected chi connectivity index (χ3v) is 2.39. The van der Waals surface area contributed by atoms with Gasteiger partial charge in [0.15, 0.2) is 5.78 Å². The summed E-state index contributed by atoms with van der Waals surface area (Å²) in [5.74, 6) is 0.633. The predicted molar refractivity (Wildman–Crippen MR) is 72.8 cm³/mol. The highest BCUT2D eigenvalue weighted by atomic mass is 16.5. The van der Waals surface area contributed by atoms with E-state index in [-0.39, 0.29) is 11.7 Å². The summed E-state index contributed by atoms with van der Waals surface area (Å²) in [7, 11) is 1.48. The number of hydrogen-bond acceptors (Lipinski definition) is 4. The van der Waals surface area contributed by atoms with E-state index < -0.39 is 6.09 Å². The first-order chi connectivity index (χ1) is 8.93. The Kier molecular flexibility index (Phi) is 5.36. The fraction of sp³-hybridized carbons (Fsp3) is 0.429. The third-order valence-electron chi connectivity index (χ3n) is 2.39. The lowest BCUT2D eigenvalue weighted by atomic mass is 10.1. The van der Waals surface area contributed by atoms with E-state index in [1.165, 1.54) is 14.0 Å². The van der Waals surface area contributed by atoms with Gasteiger partial charge < -0.3 is 9.47 Å². The molecule has 0 aliphatic rings. The van der Waals surface area contributed by atoms with E-state index >= 15 is 0 Å². The average Bonchev–Trinajstić information content (AvgIpc) is 2.36. The Labute approximate surface area is 112 Å². The van der Waals surface area contributed by atoms with Crippen LogP contribution in [0.25, 0.3) is 0 Å². The Morgan fingerprint density at radius 1 is 1.32 bits per heavy atom. The fourth-order valence-electron chi connectivity index (χ4n) is 1.40. The quantitative estimate of drug-likeness (QED) is 0.831. The number of nitrogens with one attached hydrogen (secondary N) is 1. The van der Waals surface area contributed by atoms with Crippen molar-refractivity contribution in [3.63, 3.8) is 0 Å². The molecule has 104 valence electrons. The number of amides is 1. The highest BCUT2D eigenvalue weighted by Gasteiger charge is 2.11. The molecule has 1 amide bonds. The monoisotopic (exact) mass is 265 g/mol. The highest BCUT2D eigenvalue weighted by Crippen LogP contribution is 2.25. The van der Waals surface area contributed by atoms with E-state index in [1.54, 1.807) is 18.2 Å². The molecule has 1 N–H and O–H groups in total. The zero-order valence-corrected chi connectivity index (χ0v) is 11.6. The smallest absolute Gasteiger partial charge is 0.411 e. The molecule has 0 radical (unpaired) electrons. The van der Waals surface area contributed by atoms with Crippen molar-refractivity contribution in [2.75, 3.05) is 19.0 Å². The minimum absolute atomic E-state index is 0.0627. The molecule has 0 saturated carbocycles. The van der Waals surface area contributed by atoms with Crippen LogP contribution >= 0.6 is 0 Å². The summed E-state index contributed by atoms with van der Waals surface area (Å²) in [6.45, 7) is 5.73. The van der Waals surface area contributed by atoms with E-state index in [0.29, 0.717) is 23.6 Å². The number of ketones is 1. The van der Waals surface area contributed by atoms with Gasteiger partial charge in [-0.15, -0.1) is 0 Å². The van der Waals surface area contributed by atoms with E-state index in [0.717, 1.165) is 0 Å². The van der Waals surface area contributed by atoms with Gasteiger partial charge >= 0.3 is 6.09 Å². The molecule has 5 heteroatoms. The molecular formula is C14H19NO4. The molecule has 5 nitrogen and oxygen atoms in total. The summed E-state index contributed by atoms with van der Waals surface area (Å²) in [6, 6.07) is 4.83. The van der Waals surface area contributed by atoms with Crippen molar-refractivity contribution in [3.8, 4) is 5.75 Å². The van der Waals surface area contributed by atoms with Gasteiger partial charge in [0, 0.05) is 5.56 Å². The van der Waals surface area contributed by atoms with Crippen LogP contribution in [-0.2, 0) is 4.74 Å². The van der Waals surface area contributed by atoms with E-state index in [1.807, 2.05) is 13.8 Å². The second kappa shape index (κ2) is 6.78. The van der Waals surface area contributed by atoms with E-state index in [4.69, 9.17) is 9.47 Å². The molecule has 1 rings (SSSR count). The van der Waals surface area contributed by atoms with Gasteiger partial charge in [0.05, 0.1) is 19.4 Å². The van der Waals surface area contributed by atoms with Gasteiger partial charge in [-0.2, -0.15) is 0 Å². The van der Waals surface area contributed by atoms with E-state index in [2.05, 4.69) is 5.32 Å². The number of carbonyl (C=O) groups is 2. The largest absolute Gasteiger partial charge is 0.495 e. The van der Waals surface area contributed by atoms with Gasteiger partial charge in [0.1, 0.15) is 5.75 Å². The Hall–Kier alpha value is -2.04. The third kappa shape index (κ3) is 4.62. The number of hydrogen-bond donors (Lipinski definition) is 1. The Morgan fingerprint density at radius 3 is 2.53 bits per heavy atom. The SMILES string of the molecule is COc1cc(C(C)=O)ccc1NC(=O)OCC(C)C. The van der Waals surface area contributed by atoms with Crippen LogP contribution in [0, 0.1) is 5.92 Å². The van der Waals surface area contributed by atoms with Crippen LogP contribution in [0.15, 0.2) is 18.2 Å². The Morgan fingerprint density at radius 2 is 2.00 bits per heavy atom. The van der Waals surface area contributed by atoms with Gasteiger partial charge in [0.25, 0.3) is 0 Å². The van der Waals surface area contributed by atoms with Crippen LogP contribution in [0.1, 0.15) is 31.1 Å². The topological polar surface area (TPSA) is 64.6 Å². The van der Waals surface area contributed by atoms with Crippen molar-refractivity contribution < 1.29 is 19.1 Å². The number of carbonyl (C=O) groups excluding carboxylic acids is 2. The highest BCUT2D eigenvalue weighted by molar-refractivity contribution is 5.96. The first-order valence-corrected chi connectivity index (χ1v) is 6.06. The molecule has 0 aliphatic carbocycles. The maximum atomic E-state index is 11.5. The van der Waals surface area contributed by atoms with Crippen LogP contribution < -0.4 is 10.1 Å². The number of methoxy groups -OCH3 is 1. The van der Waals surface area contributed by atoms with Crippen LogP contribution in [-0.4, -0.2) is 25.6 Å². The molecule has 0 saturated heterocycles. The summed E-state index contributed by atoms with van der Waals surface area (Å²) in [4.78, 5) is 22.8. The van der Waals surface area contributed by atoms with Crippen molar-refractivity contribution >= 4 is 17.6 Å². The molecule has 0 aliphatic heterocycles. The predicted octanol–water partition coefficient (Wildman–Crippen LogP) is 3.10. The number of anilines is 1. The van der Waals surface area contributed by atoms with Crippen molar-refractivity contribution in [3.05, 3.63) is 23.8 Å². The molecular weight excluding hydrogens is 246 g/mol. The summed E-state index contributed by atoms with van der Waals surface area (Å²) >= 11 is 0. The molecule has 0 unspecified atom stereocenters. The first kappa shape index (κ1) is 15.0. The number of benzene rings is 1. The standard InChI is InChI=1S/C14H19NO4/c1-9(2)8-19-14(17)15-12-6-5-11(10(3)16)7-13(12)18-4/h5-7,9H,8H2,1-4H3,(H,15,17). The Bertz CT molecular complexity index is 469. The molecule has 0 aromatic heterocycles. The Balaban J connectivity index is 2.78. The number of rotatable bonds is 5. The molecule has 19 heavy (non-hydrogen) atoms. The lowest BCUT2D eigenvalue weighted by Crippen LogP contribution is -2.17. The minimum Gasteiger partial charge on any atom is -0.495 e. The van der Waals surface area contributed by atoms with Gasteiger partial charge in [-0.1, -0.05) is 13.8 Å². The maximum absolute atomic E-state index is 11.5. The summed E-state index contributed by atoms with van der Waals surface area (Å²) in [5, 5.41) is 2.59. The second-order valence-electron chi connectivity index (χ2n) is 4.59.